The molecule has 15 heteroatoms. The Bertz CT molecular complexity index is 2830. The van der Waals surface area contributed by atoms with Gasteiger partial charge in [-0.05, 0) is 111 Å². The number of rotatable bonds is 11. The number of anilines is 9. The SMILES string of the molecule is CC(=O)Nc1ccc(Nc2nc(Nc3cc(C4CC4)[nH]n3)c3ccccc3n2)cc1C.Cc1cc(Nc2nc(Nc3cc(C4CC4)[nH]n3)c3ccccc3n2)ccc1Cl. The molecule has 2 aliphatic rings. The molecule has 0 unspecified atom stereocenters. The summed E-state index contributed by atoms with van der Waals surface area (Å²) in [5.74, 6) is 5.03. The number of benzene rings is 4. The van der Waals surface area contributed by atoms with Crippen LogP contribution in [0.3, 0.4) is 0 Å². The van der Waals surface area contributed by atoms with Crippen molar-refractivity contribution >= 4 is 91.5 Å². The van der Waals surface area contributed by atoms with E-state index >= 15 is 0 Å². The third kappa shape index (κ3) is 8.92. The molecule has 4 aromatic heterocycles. The Hall–Kier alpha value is -7.06. The van der Waals surface area contributed by atoms with Gasteiger partial charge in [-0.2, -0.15) is 20.2 Å². The van der Waals surface area contributed by atoms with Crippen LogP contribution in [0.15, 0.2) is 97.1 Å². The normalized spacial score (nSPS) is 13.4. The van der Waals surface area contributed by atoms with E-state index in [4.69, 9.17) is 21.6 Å². The number of aromatic nitrogens is 8. The zero-order valence-electron chi connectivity index (χ0n) is 32.7. The van der Waals surface area contributed by atoms with Gasteiger partial charge in [0.25, 0.3) is 0 Å². The van der Waals surface area contributed by atoms with Crippen molar-refractivity contribution in [2.75, 3.05) is 26.6 Å². The first-order valence-corrected chi connectivity index (χ1v) is 20.0. The molecular weight excluding hydrogens is 762 g/mol. The molecule has 59 heavy (non-hydrogen) atoms. The summed E-state index contributed by atoms with van der Waals surface area (Å²) in [7, 11) is 0. The monoisotopic (exact) mass is 803 g/mol. The minimum atomic E-state index is -0.0967. The van der Waals surface area contributed by atoms with Crippen molar-refractivity contribution in [3.63, 3.8) is 0 Å². The number of nitrogens with one attached hydrogen (secondary N) is 7. The first kappa shape index (κ1) is 37.5. The number of carbonyl (C=O) groups is 1. The summed E-state index contributed by atoms with van der Waals surface area (Å²) in [4.78, 5) is 30.0. The van der Waals surface area contributed by atoms with Crippen molar-refractivity contribution < 1.29 is 4.79 Å². The number of aromatic amines is 2. The number of carbonyl (C=O) groups excluding carboxylic acids is 1. The van der Waals surface area contributed by atoms with Crippen LogP contribution in [-0.2, 0) is 4.79 Å². The average molecular weight is 804 g/mol. The van der Waals surface area contributed by atoms with Crippen LogP contribution < -0.4 is 26.6 Å². The third-order valence-corrected chi connectivity index (χ3v) is 10.6. The van der Waals surface area contributed by atoms with Crippen LogP contribution in [0.25, 0.3) is 21.8 Å². The van der Waals surface area contributed by atoms with E-state index in [0.717, 1.165) is 72.3 Å². The summed E-state index contributed by atoms with van der Waals surface area (Å²) < 4.78 is 0. The molecule has 0 spiro atoms. The Labute approximate surface area is 345 Å². The van der Waals surface area contributed by atoms with E-state index in [2.05, 4.69) is 63.0 Å². The van der Waals surface area contributed by atoms with Crippen molar-refractivity contribution in [1.29, 1.82) is 0 Å². The van der Waals surface area contributed by atoms with E-state index < -0.39 is 0 Å². The number of H-pyrrole nitrogens is 2. The summed E-state index contributed by atoms with van der Waals surface area (Å²) in [6, 6.07) is 31.3. The quantitative estimate of drug-likeness (QED) is 0.0659. The fraction of sp³-hybridized carbons (Fsp3) is 0.205. The molecule has 2 saturated carbocycles. The molecule has 10 rings (SSSR count). The third-order valence-electron chi connectivity index (χ3n) is 10.1. The van der Waals surface area contributed by atoms with E-state index in [1.54, 1.807) is 0 Å². The van der Waals surface area contributed by atoms with Crippen LogP contribution in [0.5, 0.6) is 0 Å². The highest BCUT2D eigenvalue weighted by Crippen LogP contribution is 2.41. The molecule has 14 nitrogen and oxygen atoms in total. The van der Waals surface area contributed by atoms with Crippen molar-refractivity contribution in [2.45, 2.75) is 58.3 Å². The number of nitrogens with zero attached hydrogens (tertiary/aromatic N) is 6. The lowest BCUT2D eigenvalue weighted by Gasteiger charge is -2.12. The molecule has 0 atom stereocenters. The lowest BCUT2D eigenvalue weighted by atomic mass is 10.1. The van der Waals surface area contributed by atoms with E-state index in [1.165, 1.54) is 38.3 Å². The summed E-state index contributed by atoms with van der Waals surface area (Å²) in [5, 5.41) is 33.6. The number of hydrogen-bond donors (Lipinski definition) is 7. The van der Waals surface area contributed by atoms with Crippen molar-refractivity contribution in [1.82, 2.24) is 40.3 Å². The van der Waals surface area contributed by atoms with Gasteiger partial charge in [0.1, 0.15) is 11.6 Å². The van der Waals surface area contributed by atoms with Gasteiger partial charge >= 0.3 is 0 Å². The van der Waals surface area contributed by atoms with Gasteiger partial charge in [-0.3, -0.25) is 15.0 Å². The number of aryl methyl sites for hydroxylation is 2. The molecule has 2 fully saturated rings. The van der Waals surface area contributed by atoms with Gasteiger partial charge in [0.05, 0.1) is 11.0 Å². The minimum absolute atomic E-state index is 0.0967. The highest BCUT2D eigenvalue weighted by atomic mass is 35.5. The fourth-order valence-electron chi connectivity index (χ4n) is 6.76. The second-order valence-corrected chi connectivity index (χ2v) is 15.4. The Morgan fingerprint density at radius 3 is 1.58 bits per heavy atom. The van der Waals surface area contributed by atoms with E-state index in [-0.39, 0.29) is 5.91 Å². The van der Waals surface area contributed by atoms with Gasteiger partial charge in [-0.15, -0.1) is 0 Å². The summed E-state index contributed by atoms with van der Waals surface area (Å²) in [5.41, 5.74) is 8.47. The molecule has 0 aliphatic heterocycles. The van der Waals surface area contributed by atoms with Crippen LogP contribution in [0.2, 0.25) is 5.02 Å². The Morgan fingerprint density at radius 2 is 1.10 bits per heavy atom. The first-order valence-electron chi connectivity index (χ1n) is 19.6. The van der Waals surface area contributed by atoms with E-state index in [9.17, 15) is 4.79 Å². The summed E-state index contributed by atoms with van der Waals surface area (Å²) in [6.07, 6.45) is 4.89. The maximum absolute atomic E-state index is 11.3. The van der Waals surface area contributed by atoms with Gasteiger partial charge in [-0.1, -0.05) is 35.9 Å². The van der Waals surface area contributed by atoms with Crippen LogP contribution in [0.1, 0.15) is 67.0 Å². The molecule has 296 valence electrons. The molecule has 7 N–H and O–H groups in total. The molecule has 1 amide bonds. The molecule has 4 aromatic carbocycles. The lowest BCUT2D eigenvalue weighted by Crippen LogP contribution is -2.07. The van der Waals surface area contributed by atoms with E-state index in [1.807, 2.05) is 105 Å². The molecular formula is C44H42ClN13O. The highest BCUT2D eigenvalue weighted by Gasteiger charge is 2.26. The van der Waals surface area contributed by atoms with Crippen LogP contribution in [0.4, 0.5) is 52.2 Å². The number of para-hydroxylation sites is 2. The van der Waals surface area contributed by atoms with Gasteiger partial charge in [-0.25, -0.2) is 9.97 Å². The van der Waals surface area contributed by atoms with Gasteiger partial charge in [0.2, 0.25) is 17.8 Å². The Morgan fingerprint density at radius 1 is 0.610 bits per heavy atom. The Kier molecular flexibility index (Phi) is 10.2. The standard InChI is InChI=1S/C23H23N7O.C21H19ClN6/c1-13-11-16(9-10-18(13)24-14(2)31)25-23-26-19-6-4-3-5-17(19)22(28-23)27-21-12-20(29-30-21)15-7-8-15;1-12-10-14(8-9-16(12)22)23-21-24-17-5-3-2-4-15(17)20(26-21)25-19-11-18(27-28-19)13-6-7-13/h3-6,9-12,15H,7-8H2,1-2H3,(H,24,31)(H3,25,26,27,28,29,30);2-5,8-11,13H,6-7H2,1H3,(H3,23,24,25,26,27,28). The first-order chi connectivity index (χ1) is 28.7. The smallest absolute Gasteiger partial charge is 0.229 e. The molecule has 0 bridgehead atoms. The second kappa shape index (κ2) is 16.1. The number of halogens is 1. The lowest BCUT2D eigenvalue weighted by molar-refractivity contribution is -0.114. The number of hydrogen-bond acceptors (Lipinski definition) is 11. The number of amides is 1. The number of fused-ring (bicyclic) bond motifs is 2. The van der Waals surface area contributed by atoms with Crippen molar-refractivity contribution in [2.24, 2.45) is 0 Å². The van der Waals surface area contributed by atoms with Crippen LogP contribution in [-0.4, -0.2) is 46.2 Å². The topological polar surface area (TPSA) is 186 Å². The average Bonchev–Trinajstić information content (AvgIpc) is 4.16. The molecule has 0 saturated heterocycles. The summed E-state index contributed by atoms with van der Waals surface area (Å²) >= 11 is 6.13. The fourth-order valence-corrected chi connectivity index (χ4v) is 6.88. The second-order valence-electron chi connectivity index (χ2n) is 15.0. The predicted octanol–water partition coefficient (Wildman–Crippen LogP) is 10.7. The van der Waals surface area contributed by atoms with E-state index in [0.29, 0.717) is 35.4 Å². The predicted molar refractivity (Wildman–Crippen MR) is 235 cm³/mol. The molecule has 8 aromatic rings. The van der Waals surface area contributed by atoms with Gasteiger partial charge in [0.15, 0.2) is 11.6 Å². The maximum Gasteiger partial charge on any atom is 0.229 e. The van der Waals surface area contributed by atoms with Crippen molar-refractivity contribution in [3.8, 4) is 0 Å². The molecule has 4 heterocycles. The van der Waals surface area contributed by atoms with Gasteiger partial charge < -0.3 is 26.6 Å². The zero-order valence-corrected chi connectivity index (χ0v) is 33.4. The maximum atomic E-state index is 11.3. The molecule has 0 radical (unpaired) electrons. The summed E-state index contributed by atoms with van der Waals surface area (Å²) in [6.45, 7) is 5.41. The minimum Gasteiger partial charge on any atom is -0.326 e. The van der Waals surface area contributed by atoms with Crippen LogP contribution in [0, 0.1) is 13.8 Å². The highest BCUT2D eigenvalue weighted by molar-refractivity contribution is 6.31. The molecule has 2 aliphatic carbocycles. The van der Waals surface area contributed by atoms with Crippen LogP contribution >= 0.6 is 11.6 Å². The Balaban J connectivity index is 0.000000153. The van der Waals surface area contributed by atoms with Gasteiger partial charge in [0, 0.05) is 75.1 Å². The van der Waals surface area contributed by atoms with Crippen molar-refractivity contribution in [3.05, 3.63) is 125 Å². The zero-order chi connectivity index (χ0) is 40.5. The largest absolute Gasteiger partial charge is 0.326 e.